The van der Waals surface area contributed by atoms with Crippen molar-refractivity contribution in [1.82, 2.24) is 4.90 Å². The molecule has 1 heterocycles. The summed E-state index contributed by atoms with van der Waals surface area (Å²) in [6, 6.07) is 7.47. The van der Waals surface area contributed by atoms with Gasteiger partial charge in [-0.05, 0) is 30.5 Å². The third-order valence-corrected chi connectivity index (χ3v) is 4.10. The Hall–Kier alpha value is -1.88. The number of nitrogens with zero attached hydrogens (tertiary/aromatic N) is 1. The number of phenols is 1. The van der Waals surface area contributed by atoms with Crippen LogP contribution in [-0.2, 0) is 0 Å². The largest absolute Gasteiger partial charge is 0.507 e. The van der Waals surface area contributed by atoms with Crippen LogP contribution in [0.2, 0.25) is 0 Å². The Morgan fingerprint density at radius 2 is 2.11 bits per heavy atom. The molecule has 0 saturated carbocycles. The number of hydrogen-bond acceptors (Lipinski definition) is 3. The van der Waals surface area contributed by atoms with Crippen LogP contribution in [-0.4, -0.2) is 23.0 Å². The van der Waals surface area contributed by atoms with Crippen LogP contribution in [0.25, 0.3) is 0 Å². The number of rotatable bonds is 3. The molecule has 0 spiro atoms. The molecule has 3 nitrogen and oxygen atoms in total. The summed E-state index contributed by atoms with van der Waals surface area (Å²) >= 11 is 1.53. The number of amides is 1. The quantitative estimate of drug-likeness (QED) is 0.935. The Labute approximate surface area is 114 Å². The molecule has 2 rings (SSSR count). The molecule has 1 atom stereocenters. The molecule has 1 amide bonds. The second-order valence-corrected chi connectivity index (χ2v) is 5.22. The lowest BCUT2D eigenvalue weighted by Crippen LogP contribution is -2.30. The minimum atomic E-state index is -0.713. The molecule has 1 N–H and O–H groups in total. The zero-order valence-electron chi connectivity index (χ0n) is 10.6. The molecule has 0 radical (unpaired) electrons. The van der Waals surface area contributed by atoms with E-state index in [1.165, 1.54) is 28.4 Å². The minimum Gasteiger partial charge on any atom is -0.507 e. The lowest BCUT2D eigenvalue weighted by atomic mass is 10.1. The van der Waals surface area contributed by atoms with E-state index in [-0.39, 0.29) is 17.4 Å². The molecule has 5 heteroatoms. The fraction of sp³-hybridized carbons (Fsp3) is 0.214. The Kier molecular flexibility index (Phi) is 3.85. The highest BCUT2D eigenvalue weighted by Gasteiger charge is 2.24. The fourth-order valence-corrected chi connectivity index (χ4v) is 2.62. The van der Waals surface area contributed by atoms with Crippen LogP contribution in [0.3, 0.4) is 0 Å². The van der Waals surface area contributed by atoms with Gasteiger partial charge in [0.25, 0.3) is 5.91 Å². The number of thiophene rings is 1. The maximum absolute atomic E-state index is 13.7. The number of carbonyl (C=O) groups excluding carboxylic acids is 1. The predicted molar refractivity (Wildman–Crippen MR) is 72.9 cm³/mol. The lowest BCUT2D eigenvalue weighted by molar-refractivity contribution is 0.0737. The van der Waals surface area contributed by atoms with Gasteiger partial charge in [0, 0.05) is 11.9 Å². The van der Waals surface area contributed by atoms with Crippen LogP contribution in [0.5, 0.6) is 5.75 Å². The number of phenolic OH excluding ortho intramolecular Hbond substituents is 1. The first-order chi connectivity index (χ1) is 9.02. The lowest BCUT2D eigenvalue weighted by Gasteiger charge is -2.24. The van der Waals surface area contributed by atoms with E-state index in [0.717, 1.165) is 10.9 Å². The summed E-state index contributed by atoms with van der Waals surface area (Å²) in [5, 5.41) is 11.6. The van der Waals surface area contributed by atoms with Crippen molar-refractivity contribution in [3.8, 4) is 5.75 Å². The molecule has 2 aromatic rings. The SMILES string of the molecule is CC(c1cccs1)N(C)C(=O)c1c(O)cccc1F. The van der Waals surface area contributed by atoms with Crippen LogP contribution in [0, 0.1) is 5.82 Å². The van der Waals surface area contributed by atoms with Crippen LogP contribution >= 0.6 is 11.3 Å². The average molecular weight is 279 g/mol. The van der Waals surface area contributed by atoms with Gasteiger partial charge in [-0.25, -0.2) is 4.39 Å². The summed E-state index contributed by atoms with van der Waals surface area (Å²) in [6.07, 6.45) is 0. The van der Waals surface area contributed by atoms with Crippen molar-refractivity contribution in [3.05, 3.63) is 52.0 Å². The number of benzene rings is 1. The van der Waals surface area contributed by atoms with Gasteiger partial charge in [-0.2, -0.15) is 0 Å². The smallest absolute Gasteiger partial charge is 0.260 e. The van der Waals surface area contributed by atoms with E-state index >= 15 is 0 Å². The Morgan fingerprint density at radius 1 is 1.37 bits per heavy atom. The summed E-state index contributed by atoms with van der Waals surface area (Å²) in [4.78, 5) is 14.7. The summed E-state index contributed by atoms with van der Waals surface area (Å²) in [7, 11) is 1.60. The number of hydrogen-bond donors (Lipinski definition) is 1. The maximum Gasteiger partial charge on any atom is 0.260 e. The van der Waals surface area contributed by atoms with E-state index in [1.54, 1.807) is 7.05 Å². The summed E-state index contributed by atoms with van der Waals surface area (Å²) in [5.74, 6) is -1.58. The highest BCUT2D eigenvalue weighted by atomic mass is 32.1. The van der Waals surface area contributed by atoms with Gasteiger partial charge in [-0.15, -0.1) is 11.3 Å². The van der Waals surface area contributed by atoms with Gasteiger partial charge in [0.15, 0.2) is 0 Å². The van der Waals surface area contributed by atoms with Crippen molar-refractivity contribution in [2.24, 2.45) is 0 Å². The van der Waals surface area contributed by atoms with Crippen LogP contribution in [0.1, 0.15) is 28.2 Å². The van der Waals surface area contributed by atoms with Gasteiger partial charge >= 0.3 is 0 Å². The number of halogens is 1. The van der Waals surface area contributed by atoms with Crippen molar-refractivity contribution in [1.29, 1.82) is 0 Å². The van der Waals surface area contributed by atoms with Crippen molar-refractivity contribution in [2.75, 3.05) is 7.05 Å². The van der Waals surface area contributed by atoms with Gasteiger partial charge in [0.2, 0.25) is 0 Å². The summed E-state index contributed by atoms with van der Waals surface area (Å²) in [5.41, 5.74) is -0.284. The van der Waals surface area contributed by atoms with E-state index in [1.807, 2.05) is 24.4 Å². The van der Waals surface area contributed by atoms with Crippen LogP contribution in [0.15, 0.2) is 35.7 Å². The molecule has 0 aliphatic heterocycles. The molecule has 0 saturated heterocycles. The molecular weight excluding hydrogens is 265 g/mol. The average Bonchev–Trinajstić information content (AvgIpc) is 2.90. The molecule has 1 aromatic carbocycles. The molecule has 1 aromatic heterocycles. The maximum atomic E-state index is 13.7. The molecule has 19 heavy (non-hydrogen) atoms. The third-order valence-electron chi connectivity index (χ3n) is 3.06. The molecule has 0 fully saturated rings. The van der Waals surface area contributed by atoms with E-state index in [0.29, 0.717) is 0 Å². The molecule has 0 aliphatic carbocycles. The second-order valence-electron chi connectivity index (χ2n) is 4.24. The summed E-state index contributed by atoms with van der Waals surface area (Å²) < 4.78 is 13.7. The van der Waals surface area contributed by atoms with Crippen molar-refractivity contribution >= 4 is 17.2 Å². The first kappa shape index (κ1) is 13.5. The third kappa shape index (κ3) is 2.61. The van der Waals surface area contributed by atoms with E-state index in [9.17, 15) is 14.3 Å². The Morgan fingerprint density at radius 3 is 2.68 bits per heavy atom. The standard InChI is InChI=1S/C14H14FNO2S/c1-9(12-7-4-8-19-12)16(2)14(18)13-10(15)5-3-6-11(13)17/h3-9,17H,1-2H3. The highest BCUT2D eigenvalue weighted by molar-refractivity contribution is 7.10. The number of aromatic hydroxyl groups is 1. The minimum absolute atomic E-state index is 0.175. The van der Waals surface area contributed by atoms with E-state index in [2.05, 4.69) is 0 Å². The molecule has 0 bridgehead atoms. The monoisotopic (exact) mass is 279 g/mol. The Bertz CT molecular complexity index is 563. The Balaban J connectivity index is 2.29. The topological polar surface area (TPSA) is 40.5 Å². The molecule has 0 aliphatic rings. The fourth-order valence-electron chi connectivity index (χ4n) is 1.80. The van der Waals surface area contributed by atoms with Gasteiger partial charge in [0.05, 0.1) is 6.04 Å². The van der Waals surface area contributed by atoms with Crippen molar-refractivity contribution in [3.63, 3.8) is 0 Å². The van der Waals surface area contributed by atoms with E-state index in [4.69, 9.17) is 0 Å². The zero-order chi connectivity index (χ0) is 14.0. The number of carbonyl (C=O) groups is 1. The second kappa shape index (κ2) is 5.40. The molecule has 1 unspecified atom stereocenters. The van der Waals surface area contributed by atoms with E-state index < -0.39 is 11.7 Å². The predicted octanol–water partition coefficient (Wildman–Crippen LogP) is 3.43. The first-order valence-electron chi connectivity index (χ1n) is 5.80. The van der Waals surface area contributed by atoms with Crippen LogP contribution < -0.4 is 0 Å². The zero-order valence-corrected chi connectivity index (χ0v) is 11.4. The molecule has 100 valence electrons. The normalized spacial score (nSPS) is 12.2. The van der Waals surface area contributed by atoms with Crippen molar-refractivity contribution in [2.45, 2.75) is 13.0 Å². The van der Waals surface area contributed by atoms with Gasteiger partial charge in [0.1, 0.15) is 17.1 Å². The molecular formula is C14H14FNO2S. The first-order valence-corrected chi connectivity index (χ1v) is 6.68. The van der Waals surface area contributed by atoms with Gasteiger partial charge < -0.3 is 10.0 Å². The van der Waals surface area contributed by atoms with Crippen molar-refractivity contribution < 1.29 is 14.3 Å². The highest BCUT2D eigenvalue weighted by Crippen LogP contribution is 2.28. The van der Waals surface area contributed by atoms with Gasteiger partial charge in [-0.3, -0.25) is 4.79 Å². The summed E-state index contributed by atoms with van der Waals surface area (Å²) in [6.45, 7) is 1.86. The van der Waals surface area contributed by atoms with Crippen LogP contribution in [0.4, 0.5) is 4.39 Å². The van der Waals surface area contributed by atoms with Gasteiger partial charge in [-0.1, -0.05) is 12.1 Å².